The molecule has 1 amide bonds. The Morgan fingerprint density at radius 2 is 1.92 bits per heavy atom. The second-order valence-corrected chi connectivity index (χ2v) is 6.77. The highest BCUT2D eigenvalue weighted by molar-refractivity contribution is 8.00. The van der Waals surface area contributed by atoms with Gasteiger partial charge in [0.1, 0.15) is 11.1 Å². The summed E-state index contributed by atoms with van der Waals surface area (Å²) in [4.78, 5) is 18.6. The first-order chi connectivity index (χ1) is 12.1. The first kappa shape index (κ1) is 17.2. The van der Waals surface area contributed by atoms with Crippen LogP contribution in [0.1, 0.15) is 10.8 Å². The Kier molecular flexibility index (Phi) is 5.19. The van der Waals surface area contributed by atoms with Crippen molar-refractivity contribution >= 4 is 17.7 Å². The number of halogens is 1. The topological polar surface area (TPSA) is 38.1 Å². The fraction of sp³-hybridized carbons (Fsp3) is 0.158. The number of carbonyl (C=O) groups is 1. The number of thioether (sulfide) groups is 1. The van der Waals surface area contributed by atoms with Crippen LogP contribution < -0.4 is 0 Å². The van der Waals surface area contributed by atoms with Crippen molar-refractivity contribution in [3.05, 3.63) is 78.4 Å². The third kappa shape index (κ3) is 3.91. The Balaban J connectivity index is 1.96. The van der Waals surface area contributed by atoms with Gasteiger partial charge in [-0.3, -0.25) is 9.36 Å². The Morgan fingerprint density at radius 3 is 2.60 bits per heavy atom. The fourth-order valence-corrected chi connectivity index (χ4v) is 3.65. The minimum Gasteiger partial charge on any atom is -0.348 e. The summed E-state index contributed by atoms with van der Waals surface area (Å²) in [5.74, 6) is -0.337. The zero-order valence-electron chi connectivity index (χ0n) is 14.0. The van der Waals surface area contributed by atoms with Crippen LogP contribution >= 0.6 is 11.8 Å². The number of imidazole rings is 1. The molecule has 0 fully saturated rings. The lowest BCUT2D eigenvalue weighted by atomic mass is 10.1. The van der Waals surface area contributed by atoms with Gasteiger partial charge in [-0.05, 0) is 23.8 Å². The zero-order valence-corrected chi connectivity index (χ0v) is 14.8. The van der Waals surface area contributed by atoms with Crippen molar-refractivity contribution in [1.82, 2.24) is 14.5 Å². The predicted octanol–water partition coefficient (Wildman–Crippen LogP) is 3.93. The van der Waals surface area contributed by atoms with E-state index < -0.39 is 5.25 Å². The predicted molar refractivity (Wildman–Crippen MR) is 97.3 cm³/mol. The molecule has 1 aromatic heterocycles. The molecule has 0 saturated carbocycles. The number of aromatic nitrogens is 2. The fourth-order valence-electron chi connectivity index (χ4n) is 2.43. The maximum atomic E-state index is 13.6. The van der Waals surface area contributed by atoms with Gasteiger partial charge >= 0.3 is 0 Å². The molecule has 25 heavy (non-hydrogen) atoms. The Morgan fingerprint density at radius 1 is 1.16 bits per heavy atom. The van der Waals surface area contributed by atoms with E-state index in [9.17, 15) is 9.18 Å². The summed E-state index contributed by atoms with van der Waals surface area (Å²) < 4.78 is 15.3. The van der Waals surface area contributed by atoms with E-state index in [1.165, 1.54) is 23.9 Å². The highest BCUT2D eigenvalue weighted by Crippen LogP contribution is 2.36. The summed E-state index contributed by atoms with van der Waals surface area (Å²) in [6.07, 6.45) is 3.41. The summed E-state index contributed by atoms with van der Waals surface area (Å²) in [7, 11) is 3.47. The maximum absolute atomic E-state index is 13.6. The average Bonchev–Trinajstić information content (AvgIpc) is 3.08. The summed E-state index contributed by atoms with van der Waals surface area (Å²) in [5, 5.41) is 0.209. The Hall–Kier alpha value is -2.60. The van der Waals surface area contributed by atoms with Crippen molar-refractivity contribution in [2.45, 2.75) is 10.4 Å². The van der Waals surface area contributed by atoms with E-state index in [2.05, 4.69) is 4.98 Å². The molecule has 0 aliphatic heterocycles. The number of benzene rings is 2. The van der Waals surface area contributed by atoms with Crippen LogP contribution in [0.5, 0.6) is 0 Å². The molecule has 0 saturated heterocycles. The highest BCUT2D eigenvalue weighted by atomic mass is 32.2. The molecular weight excluding hydrogens is 337 g/mol. The van der Waals surface area contributed by atoms with Crippen LogP contribution in [0.4, 0.5) is 4.39 Å². The van der Waals surface area contributed by atoms with E-state index >= 15 is 0 Å². The van der Waals surface area contributed by atoms with Gasteiger partial charge in [-0.25, -0.2) is 9.37 Å². The van der Waals surface area contributed by atoms with Gasteiger partial charge < -0.3 is 4.90 Å². The van der Waals surface area contributed by atoms with Crippen molar-refractivity contribution in [2.24, 2.45) is 0 Å². The van der Waals surface area contributed by atoms with Crippen LogP contribution in [0, 0.1) is 5.82 Å². The Bertz CT molecular complexity index is 864. The van der Waals surface area contributed by atoms with E-state index in [0.717, 1.165) is 5.56 Å². The molecule has 0 spiro atoms. The van der Waals surface area contributed by atoms with Crippen LogP contribution in [0.3, 0.4) is 0 Å². The molecule has 128 valence electrons. The van der Waals surface area contributed by atoms with Crippen LogP contribution in [-0.4, -0.2) is 34.5 Å². The minimum absolute atomic E-state index is 0.0232. The lowest BCUT2D eigenvalue weighted by Gasteiger charge is -2.20. The van der Waals surface area contributed by atoms with Crippen molar-refractivity contribution in [1.29, 1.82) is 0 Å². The molecule has 3 rings (SSSR count). The average molecular weight is 355 g/mol. The SMILES string of the molecule is CN(C)C(=O)[C@H](Sc1nccn1-c1cccc(F)c1)c1ccccc1. The second-order valence-electron chi connectivity index (χ2n) is 5.70. The normalized spacial score (nSPS) is 12.0. The van der Waals surface area contributed by atoms with Crippen molar-refractivity contribution in [3.8, 4) is 5.69 Å². The lowest BCUT2D eigenvalue weighted by Crippen LogP contribution is -2.26. The third-order valence-corrected chi connectivity index (χ3v) is 4.91. The van der Waals surface area contributed by atoms with Crippen LogP contribution in [0.15, 0.2) is 72.1 Å². The number of amides is 1. The first-order valence-corrected chi connectivity index (χ1v) is 8.66. The van der Waals surface area contributed by atoms with Gasteiger partial charge in [0.05, 0.1) is 5.69 Å². The van der Waals surface area contributed by atoms with Gasteiger partial charge in [0, 0.05) is 26.5 Å². The minimum atomic E-state index is -0.425. The van der Waals surface area contributed by atoms with Crippen LogP contribution in [0.2, 0.25) is 0 Å². The molecular formula is C19H18FN3OS. The molecule has 0 aliphatic rings. The second kappa shape index (κ2) is 7.53. The summed E-state index contributed by atoms with van der Waals surface area (Å²) in [6.45, 7) is 0. The molecule has 4 nitrogen and oxygen atoms in total. The largest absolute Gasteiger partial charge is 0.348 e. The monoisotopic (exact) mass is 355 g/mol. The Labute approximate surface area is 150 Å². The lowest BCUT2D eigenvalue weighted by molar-refractivity contribution is -0.128. The standard InChI is InChI=1S/C19H18FN3OS/c1-22(2)18(24)17(14-7-4-3-5-8-14)25-19-21-11-12-23(19)16-10-6-9-15(20)13-16/h3-13,17H,1-2H3/t17-/m1/s1. The number of rotatable bonds is 5. The van der Waals surface area contributed by atoms with Crippen LogP contribution in [-0.2, 0) is 4.79 Å². The van der Waals surface area contributed by atoms with Crippen molar-refractivity contribution in [3.63, 3.8) is 0 Å². The highest BCUT2D eigenvalue weighted by Gasteiger charge is 2.25. The van der Waals surface area contributed by atoms with Gasteiger partial charge in [-0.1, -0.05) is 48.2 Å². The molecule has 0 unspecified atom stereocenters. The number of hydrogen-bond acceptors (Lipinski definition) is 3. The third-order valence-electron chi connectivity index (χ3n) is 3.68. The summed E-state index contributed by atoms with van der Waals surface area (Å²) >= 11 is 1.35. The van der Waals surface area contributed by atoms with E-state index in [0.29, 0.717) is 10.8 Å². The van der Waals surface area contributed by atoms with Gasteiger partial charge in [-0.2, -0.15) is 0 Å². The number of likely N-dealkylation sites (N-methyl/N-ethyl adjacent to an activating group) is 1. The van der Waals surface area contributed by atoms with Crippen LogP contribution in [0.25, 0.3) is 5.69 Å². The molecule has 0 aliphatic carbocycles. The van der Waals surface area contributed by atoms with Crippen molar-refractivity contribution in [2.75, 3.05) is 14.1 Å². The van der Waals surface area contributed by atoms with E-state index in [1.54, 1.807) is 48.1 Å². The molecule has 2 aromatic carbocycles. The van der Waals surface area contributed by atoms with E-state index in [1.807, 2.05) is 30.3 Å². The maximum Gasteiger partial charge on any atom is 0.240 e. The van der Waals surface area contributed by atoms with E-state index in [4.69, 9.17) is 0 Å². The van der Waals surface area contributed by atoms with Gasteiger partial charge in [0.2, 0.25) is 5.91 Å². The first-order valence-electron chi connectivity index (χ1n) is 7.78. The molecule has 1 heterocycles. The number of nitrogens with zero attached hydrogens (tertiary/aromatic N) is 3. The zero-order chi connectivity index (χ0) is 17.8. The van der Waals surface area contributed by atoms with Gasteiger partial charge in [0.15, 0.2) is 5.16 Å². The van der Waals surface area contributed by atoms with Gasteiger partial charge in [0.25, 0.3) is 0 Å². The number of hydrogen-bond donors (Lipinski definition) is 0. The molecule has 0 N–H and O–H groups in total. The summed E-state index contributed by atoms with van der Waals surface area (Å²) in [5.41, 5.74) is 1.57. The smallest absolute Gasteiger partial charge is 0.240 e. The van der Waals surface area contributed by atoms with E-state index in [-0.39, 0.29) is 11.7 Å². The molecule has 6 heteroatoms. The number of carbonyl (C=O) groups excluding carboxylic acids is 1. The molecule has 0 radical (unpaired) electrons. The summed E-state index contributed by atoms with van der Waals surface area (Å²) in [6, 6.07) is 15.9. The quantitative estimate of drug-likeness (QED) is 0.651. The molecule has 0 bridgehead atoms. The molecule has 1 atom stereocenters. The molecule has 3 aromatic rings. The van der Waals surface area contributed by atoms with Gasteiger partial charge in [-0.15, -0.1) is 0 Å². The van der Waals surface area contributed by atoms with Crippen molar-refractivity contribution < 1.29 is 9.18 Å².